The smallest absolute Gasteiger partial charge is 0.273 e. The highest BCUT2D eigenvalue weighted by molar-refractivity contribution is 5.33. The Kier molecular flexibility index (Phi) is 2.77. The number of hydrogen-bond acceptors (Lipinski definition) is 3. The topological polar surface area (TPSA) is 57.2 Å². The SMILES string of the molecule is CC1CC(n2cccc(N)c2=O)CCO1. The number of nitrogen functional groups attached to an aromatic ring is 1. The van der Waals surface area contributed by atoms with Crippen LogP contribution in [0, 0.1) is 0 Å². The van der Waals surface area contributed by atoms with Crippen molar-refractivity contribution in [1.82, 2.24) is 4.57 Å². The number of nitrogens with two attached hydrogens (primary N) is 1. The molecule has 1 aromatic heterocycles. The van der Waals surface area contributed by atoms with Crippen molar-refractivity contribution in [2.45, 2.75) is 31.9 Å². The second-order valence-corrected chi connectivity index (χ2v) is 4.04. The summed E-state index contributed by atoms with van der Waals surface area (Å²) in [4.78, 5) is 11.8. The molecule has 1 aliphatic rings. The van der Waals surface area contributed by atoms with Crippen molar-refractivity contribution in [3.05, 3.63) is 28.7 Å². The molecule has 0 radical (unpaired) electrons. The maximum Gasteiger partial charge on any atom is 0.273 e. The van der Waals surface area contributed by atoms with Gasteiger partial charge in [0.25, 0.3) is 5.56 Å². The summed E-state index contributed by atoms with van der Waals surface area (Å²) in [5.74, 6) is 0. The zero-order chi connectivity index (χ0) is 10.8. The largest absolute Gasteiger partial charge is 0.394 e. The quantitative estimate of drug-likeness (QED) is 0.753. The van der Waals surface area contributed by atoms with Gasteiger partial charge in [-0.15, -0.1) is 0 Å². The minimum absolute atomic E-state index is 0.0865. The third-order valence-electron chi connectivity index (χ3n) is 2.85. The summed E-state index contributed by atoms with van der Waals surface area (Å²) in [6.45, 7) is 2.75. The minimum atomic E-state index is -0.0865. The second-order valence-electron chi connectivity index (χ2n) is 4.04. The highest BCUT2D eigenvalue weighted by Crippen LogP contribution is 2.23. The number of aromatic nitrogens is 1. The molecule has 0 spiro atoms. The van der Waals surface area contributed by atoms with Gasteiger partial charge in [0.1, 0.15) is 0 Å². The van der Waals surface area contributed by atoms with E-state index in [1.165, 1.54) is 0 Å². The van der Waals surface area contributed by atoms with Crippen molar-refractivity contribution < 1.29 is 4.74 Å². The zero-order valence-corrected chi connectivity index (χ0v) is 8.85. The molecule has 0 aliphatic carbocycles. The Morgan fingerprint density at radius 1 is 1.60 bits per heavy atom. The van der Waals surface area contributed by atoms with Gasteiger partial charge in [-0.25, -0.2) is 0 Å². The standard InChI is InChI=1S/C11H16N2O2/c1-8-7-9(4-6-15-8)13-5-2-3-10(12)11(13)14/h2-3,5,8-9H,4,6-7,12H2,1H3. The molecule has 0 aromatic carbocycles. The molecular formula is C11H16N2O2. The molecule has 2 rings (SSSR count). The van der Waals surface area contributed by atoms with Crippen LogP contribution in [0.1, 0.15) is 25.8 Å². The predicted octanol–water partition coefficient (Wildman–Crippen LogP) is 1.17. The summed E-state index contributed by atoms with van der Waals surface area (Å²) in [5.41, 5.74) is 5.83. The molecule has 2 atom stereocenters. The minimum Gasteiger partial charge on any atom is -0.394 e. The first kappa shape index (κ1) is 10.2. The Bertz CT molecular complexity index is 400. The Labute approximate surface area is 88.7 Å². The molecule has 1 saturated heterocycles. The van der Waals surface area contributed by atoms with Crippen LogP contribution in [0.3, 0.4) is 0 Å². The Morgan fingerprint density at radius 2 is 2.40 bits per heavy atom. The van der Waals surface area contributed by atoms with Crippen molar-refractivity contribution in [3.8, 4) is 0 Å². The number of rotatable bonds is 1. The lowest BCUT2D eigenvalue weighted by molar-refractivity contribution is 0.00532. The van der Waals surface area contributed by atoms with Crippen LogP contribution in [0.2, 0.25) is 0 Å². The summed E-state index contributed by atoms with van der Waals surface area (Å²) in [6.07, 6.45) is 3.79. The van der Waals surface area contributed by atoms with Gasteiger partial charge in [0, 0.05) is 18.8 Å². The zero-order valence-electron chi connectivity index (χ0n) is 8.85. The number of anilines is 1. The first-order chi connectivity index (χ1) is 7.18. The second kappa shape index (κ2) is 4.06. The van der Waals surface area contributed by atoms with Crippen LogP contribution in [-0.2, 0) is 4.74 Å². The normalized spacial score (nSPS) is 26.5. The average molecular weight is 208 g/mol. The number of pyridine rings is 1. The molecule has 2 heterocycles. The van der Waals surface area contributed by atoms with E-state index in [1.807, 2.05) is 13.0 Å². The molecule has 1 aliphatic heterocycles. The van der Waals surface area contributed by atoms with Crippen LogP contribution in [0.5, 0.6) is 0 Å². The summed E-state index contributed by atoms with van der Waals surface area (Å²) in [5, 5.41) is 0. The van der Waals surface area contributed by atoms with Crippen LogP contribution >= 0.6 is 0 Å². The van der Waals surface area contributed by atoms with E-state index >= 15 is 0 Å². The van der Waals surface area contributed by atoms with Crippen molar-refractivity contribution in [3.63, 3.8) is 0 Å². The molecule has 4 heteroatoms. The van der Waals surface area contributed by atoms with Gasteiger partial charge in [-0.3, -0.25) is 4.79 Å². The van der Waals surface area contributed by atoms with Crippen molar-refractivity contribution in [2.24, 2.45) is 0 Å². The molecule has 2 N–H and O–H groups in total. The van der Waals surface area contributed by atoms with Crippen molar-refractivity contribution >= 4 is 5.69 Å². The lowest BCUT2D eigenvalue weighted by Crippen LogP contribution is -2.32. The summed E-state index contributed by atoms with van der Waals surface area (Å²) in [6, 6.07) is 3.68. The fraction of sp³-hybridized carbons (Fsp3) is 0.545. The lowest BCUT2D eigenvalue weighted by atomic mass is 10.0. The summed E-state index contributed by atoms with van der Waals surface area (Å²) >= 11 is 0. The molecule has 15 heavy (non-hydrogen) atoms. The van der Waals surface area contributed by atoms with Crippen molar-refractivity contribution in [2.75, 3.05) is 12.3 Å². The number of ether oxygens (including phenoxy) is 1. The number of nitrogens with zero attached hydrogens (tertiary/aromatic N) is 1. The molecule has 0 bridgehead atoms. The highest BCUT2D eigenvalue weighted by Gasteiger charge is 2.21. The van der Waals surface area contributed by atoms with Gasteiger partial charge >= 0.3 is 0 Å². The Hall–Kier alpha value is -1.29. The van der Waals surface area contributed by atoms with Gasteiger partial charge in [-0.1, -0.05) is 0 Å². The average Bonchev–Trinajstić information content (AvgIpc) is 2.22. The van der Waals surface area contributed by atoms with E-state index in [2.05, 4.69) is 0 Å². The van der Waals surface area contributed by atoms with E-state index in [0.29, 0.717) is 12.3 Å². The maximum absolute atomic E-state index is 11.8. The Balaban J connectivity index is 2.29. The van der Waals surface area contributed by atoms with Crippen LogP contribution in [0.25, 0.3) is 0 Å². The predicted molar refractivity (Wildman–Crippen MR) is 58.8 cm³/mol. The van der Waals surface area contributed by atoms with Crippen LogP contribution < -0.4 is 11.3 Å². The number of hydrogen-bond donors (Lipinski definition) is 1. The van der Waals surface area contributed by atoms with Gasteiger partial charge in [0.15, 0.2) is 0 Å². The maximum atomic E-state index is 11.8. The van der Waals surface area contributed by atoms with Crippen molar-refractivity contribution in [1.29, 1.82) is 0 Å². The fourth-order valence-electron chi connectivity index (χ4n) is 2.04. The van der Waals surface area contributed by atoms with Gasteiger partial charge in [-0.2, -0.15) is 0 Å². The lowest BCUT2D eigenvalue weighted by Gasteiger charge is -2.28. The monoisotopic (exact) mass is 208 g/mol. The van der Waals surface area contributed by atoms with E-state index in [4.69, 9.17) is 10.5 Å². The molecule has 1 aromatic rings. The summed E-state index contributed by atoms with van der Waals surface area (Å²) < 4.78 is 7.18. The van der Waals surface area contributed by atoms with Gasteiger partial charge in [0.05, 0.1) is 11.8 Å². The Morgan fingerprint density at radius 3 is 3.13 bits per heavy atom. The molecular weight excluding hydrogens is 192 g/mol. The van der Waals surface area contributed by atoms with Gasteiger partial charge in [0.2, 0.25) is 0 Å². The van der Waals surface area contributed by atoms with Crippen LogP contribution in [0.15, 0.2) is 23.1 Å². The van der Waals surface area contributed by atoms with Gasteiger partial charge in [-0.05, 0) is 31.9 Å². The first-order valence-corrected chi connectivity index (χ1v) is 5.26. The molecule has 1 fully saturated rings. The molecule has 2 unspecified atom stereocenters. The van der Waals surface area contributed by atoms with E-state index in [1.54, 1.807) is 16.8 Å². The van der Waals surface area contributed by atoms with Crippen LogP contribution in [-0.4, -0.2) is 17.3 Å². The van der Waals surface area contributed by atoms with Crippen LogP contribution in [0.4, 0.5) is 5.69 Å². The molecule has 82 valence electrons. The fourth-order valence-corrected chi connectivity index (χ4v) is 2.04. The molecule has 4 nitrogen and oxygen atoms in total. The highest BCUT2D eigenvalue weighted by atomic mass is 16.5. The van der Waals surface area contributed by atoms with E-state index in [0.717, 1.165) is 12.8 Å². The molecule has 0 amide bonds. The summed E-state index contributed by atoms with van der Waals surface area (Å²) in [7, 11) is 0. The third-order valence-corrected chi connectivity index (χ3v) is 2.85. The molecule has 0 saturated carbocycles. The van der Waals surface area contributed by atoms with E-state index in [9.17, 15) is 4.79 Å². The van der Waals surface area contributed by atoms with E-state index in [-0.39, 0.29) is 17.7 Å². The van der Waals surface area contributed by atoms with E-state index < -0.39 is 0 Å². The first-order valence-electron chi connectivity index (χ1n) is 5.26. The van der Waals surface area contributed by atoms with Gasteiger partial charge < -0.3 is 15.0 Å². The third kappa shape index (κ3) is 2.04.